The van der Waals surface area contributed by atoms with Crippen LogP contribution in [-0.2, 0) is 19.5 Å². The van der Waals surface area contributed by atoms with Gasteiger partial charge in [-0.1, -0.05) is 26.0 Å². The van der Waals surface area contributed by atoms with E-state index in [2.05, 4.69) is 42.9 Å². The molecule has 1 aliphatic heterocycles. The molecule has 0 saturated carbocycles. The molecule has 0 radical (unpaired) electrons. The van der Waals surface area contributed by atoms with Gasteiger partial charge in [0.1, 0.15) is 0 Å². The number of β-amino-alcohol motifs (C(OH)–C–C–N with tert-alkyl or cyclic N) is 1. The summed E-state index contributed by atoms with van der Waals surface area (Å²) in [7, 11) is 0. The zero-order valence-electron chi connectivity index (χ0n) is 11.8. The van der Waals surface area contributed by atoms with E-state index in [-0.39, 0.29) is 11.5 Å². The van der Waals surface area contributed by atoms with Gasteiger partial charge >= 0.3 is 0 Å². The summed E-state index contributed by atoms with van der Waals surface area (Å²) in [5.41, 5.74) is 2.27. The Morgan fingerprint density at radius 1 is 1.39 bits per heavy atom. The Kier molecular flexibility index (Phi) is 3.73. The van der Waals surface area contributed by atoms with Gasteiger partial charge in [-0.3, -0.25) is 4.90 Å². The number of aryl methyl sites for hydroxylation is 1. The second-order valence-corrected chi connectivity index (χ2v) is 6.17. The molecule has 1 unspecified atom stereocenters. The van der Waals surface area contributed by atoms with Crippen molar-refractivity contribution in [3.63, 3.8) is 0 Å². The van der Waals surface area contributed by atoms with Gasteiger partial charge in [-0.05, 0) is 12.3 Å². The van der Waals surface area contributed by atoms with Crippen molar-refractivity contribution in [3.05, 3.63) is 11.4 Å². The van der Waals surface area contributed by atoms with Crippen LogP contribution in [0, 0.1) is 5.41 Å². The molecule has 0 fully saturated rings. The van der Waals surface area contributed by atoms with Gasteiger partial charge in [0.05, 0.1) is 17.5 Å². The fourth-order valence-corrected chi connectivity index (χ4v) is 2.25. The van der Waals surface area contributed by atoms with E-state index in [0.29, 0.717) is 6.54 Å². The molecule has 1 aromatic heterocycles. The van der Waals surface area contributed by atoms with E-state index < -0.39 is 0 Å². The molecule has 1 aromatic rings. The Morgan fingerprint density at radius 3 is 2.72 bits per heavy atom. The van der Waals surface area contributed by atoms with E-state index in [4.69, 9.17) is 0 Å². The van der Waals surface area contributed by atoms with Crippen LogP contribution in [0.25, 0.3) is 0 Å². The monoisotopic (exact) mass is 252 g/mol. The molecule has 0 aliphatic carbocycles. The number of hydrogen-bond acceptors (Lipinski definition) is 4. The highest BCUT2D eigenvalue weighted by molar-refractivity contribution is 5.13. The highest BCUT2D eigenvalue weighted by Gasteiger charge is 2.28. The van der Waals surface area contributed by atoms with Crippen molar-refractivity contribution in [3.8, 4) is 0 Å². The van der Waals surface area contributed by atoms with Gasteiger partial charge in [0.15, 0.2) is 0 Å². The lowest BCUT2D eigenvalue weighted by Crippen LogP contribution is -2.42. The maximum Gasteiger partial charge on any atom is 0.0999 e. The number of aliphatic hydroxyl groups excluding tert-OH is 1. The predicted molar refractivity (Wildman–Crippen MR) is 70.1 cm³/mol. The first-order valence-electron chi connectivity index (χ1n) is 6.73. The smallest absolute Gasteiger partial charge is 0.0999 e. The van der Waals surface area contributed by atoms with Crippen molar-refractivity contribution in [1.29, 1.82) is 0 Å². The average molecular weight is 252 g/mol. The van der Waals surface area contributed by atoms with E-state index in [1.807, 2.05) is 4.68 Å². The zero-order valence-corrected chi connectivity index (χ0v) is 11.8. The Labute approximate surface area is 109 Å². The first-order chi connectivity index (χ1) is 8.41. The molecular weight excluding hydrogens is 228 g/mol. The minimum atomic E-state index is -0.305. The predicted octanol–water partition coefficient (Wildman–Crippen LogP) is 1.06. The lowest BCUT2D eigenvalue weighted by molar-refractivity contribution is 0.0242. The standard InChI is InChI=1S/C13H24N4O/c1-5-17-11-6-7-16(8-10(11)14-15-17)9-12(18)13(2,3)4/h12,18H,5-9H2,1-4H3. The molecular formula is C13H24N4O. The molecule has 18 heavy (non-hydrogen) atoms. The molecule has 1 aliphatic rings. The Morgan fingerprint density at radius 2 is 2.11 bits per heavy atom. The summed E-state index contributed by atoms with van der Waals surface area (Å²) < 4.78 is 1.98. The average Bonchev–Trinajstić information content (AvgIpc) is 2.69. The van der Waals surface area contributed by atoms with Gasteiger partial charge in [-0.2, -0.15) is 0 Å². The number of hydrogen-bond donors (Lipinski definition) is 1. The van der Waals surface area contributed by atoms with Gasteiger partial charge in [0, 0.05) is 32.6 Å². The van der Waals surface area contributed by atoms with Crippen LogP contribution in [0.5, 0.6) is 0 Å². The number of nitrogens with zero attached hydrogens (tertiary/aromatic N) is 4. The van der Waals surface area contributed by atoms with Crippen LogP contribution in [0.2, 0.25) is 0 Å². The lowest BCUT2D eigenvalue weighted by Gasteiger charge is -2.33. The molecule has 0 aromatic carbocycles. The molecule has 2 heterocycles. The third-order valence-electron chi connectivity index (χ3n) is 3.69. The third-order valence-corrected chi connectivity index (χ3v) is 3.69. The molecule has 102 valence electrons. The zero-order chi connectivity index (χ0) is 13.3. The minimum Gasteiger partial charge on any atom is -0.391 e. The van der Waals surface area contributed by atoms with E-state index in [1.54, 1.807) is 0 Å². The summed E-state index contributed by atoms with van der Waals surface area (Å²) in [5, 5.41) is 18.5. The Balaban J connectivity index is 2.00. The number of fused-ring (bicyclic) bond motifs is 1. The van der Waals surface area contributed by atoms with Crippen LogP contribution >= 0.6 is 0 Å². The van der Waals surface area contributed by atoms with Crippen molar-refractivity contribution in [2.45, 2.75) is 53.3 Å². The molecule has 0 amide bonds. The fourth-order valence-electron chi connectivity index (χ4n) is 2.25. The topological polar surface area (TPSA) is 54.2 Å². The van der Waals surface area contributed by atoms with Crippen molar-refractivity contribution >= 4 is 0 Å². The molecule has 1 atom stereocenters. The summed E-state index contributed by atoms with van der Waals surface area (Å²) in [6.45, 7) is 11.7. The Hall–Kier alpha value is -0.940. The van der Waals surface area contributed by atoms with Crippen molar-refractivity contribution in [2.75, 3.05) is 13.1 Å². The third kappa shape index (κ3) is 2.72. The van der Waals surface area contributed by atoms with Crippen molar-refractivity contribution in [2.24, 2.45) is 5.41 Å². The second kappa shape index (κ2) is 4.97. The fraction of sp³-hybridized carbons (Fsp3) is 0.846. The van der Waals surface area contributed by atoms with E-state index >= 15 is 0 Å². The SMILES string of the molecule is CCn1nnc2c1CCN(CC(O)C(C)(C)C)C2. The van der Waals surface area contributed by atoms with Crippen LogP contribution in [0.1, 0.15) is 39.1 Å². The van der Waals surface area contributed by atoms with Gasteiger partial charge in [0.2, 0.25) is 0 Å². The minimum absolute atomic E-state index is 0.0681. The molecule has 5 nitrogen and oxygen atoms in total. The summed E-state index contributed by atoms with van der Waals surface area (Å²) in [5.74, 6) is 0. The summed E-state index contributed by atoms with van der Waals surface area (Å²) in [6, 6.07) is 0. The van der Waals surface area contributed by atoms with Crippen molar-refractivity contribution in [1.82, 2.24) is 19.9 Å². The Bertz CT molecular complexity index is 408. The first kappa shape index (κ1) is 13.5. The van der Waals surface area contributed by atoms with Gasteiger partial charge < -0.3 is 5.11 Å². The quantitative estimate of drug-likeness (QED) is 0.874. The number of rotatable bonds is 3. The molecule has 0 saturated heterocycles. The van der Waals surface area contributed by atoms with Crippen LogP contribution in [0.15, 0.2) is 0 Å². The number of aliphatic hydroxyl groups is 1. The van der Waals surface area contributed by atoms with Crippen LogP contribution in [0.3, 0.4) is 0 Å². The van der Waals surface area contributed by atoms with E-state index in [1.165, 1.54) is 5.69 Å². The maximum atomic E-state index is 10.2. The van der Waals surface area contributed by atoms with Gasteiger partial charge in [-0.15, -0.1) is 5.10 Å². The number of aromatic nitrogens is 3. The first-order valence-corrected chi connectivity index (χ1v) is 6.73. The van der Waals surface area contributed by atoms with E-state index in [0.717, 1.165) is 31.7 Å². The molecule has 0 bridgehead atoms. The molecule has 0 spiro atoms. The second-order valence-electron chi connectivity index (χ2n) is 6.17. The normalized spacial score (nSPS) is 18.7. The molecule has 2 rings (SSSR count). The lowest BCUT2D eigenvalue weighted by atomic mass is 9.88. The maximum absolute atomic E-state index is 10.2. The van der Waals surface area contributed by atoms with Gasteiger partial charge in [-0.25, -0.2) is 4.68 Å². The summed E-state index contributed by atoms with van der Waals surface area (Å²) >= 11 is 0. The van der Waals surface area contributed by atoms with Crippen molar-refractivity contribution < 1.29 is 5.11 Å². The summed E-state index contributed by atoms with van der Waals surface area (Å²) in [6.07, 6.45) is 0.674. The molecule has 1 N–H and O–H groups in total. The largest absolute Gasteiger partial charge is 0.391 e. The summed E-state index contributed by atoms with van der Waals surface area (Å²) in [4.78, 5) is 2.27. The highest BCUT2D eigenvalue weighted by Crippen LogP contribution is 2.22. The van der Waals surface area contributed by atoms with Crippen LogP contribution in [0.4, 0.5) is 0 Å². The van der Waals surface area contributed by atoms with Gasteiger partial charge in [0.25, 0.3) is 0 Å². The molecule has 5 heteroatoms. The van der Waals surface area contributed by atoms with E-state index in [9.17, 15) is 5.11 Å². The van der Waals surface area contributed by atoms with Crippen LogP contribution in [-0.4, -0.2) is 44.2 Å². The van der Waals surface area contributed by atoms with Crippen LogP contribution < -0.4 is 0 Å². The highest BCUT2D eigenvalue weighted by atomic mass is 16.3.